The average molecular weight is 470 g/mol. The van der Waals surface area contributed by atoms with Gasteiger partial charge in [-0.3, -0.25) is 0 Å². The van der Waals surface area contributed by atoms with Crippen molar-refractivity contribution in [3.63, 3.8) is 0 Å². The van der Waals surface area contributed by atoms with Gasteiger partial charge in [0.25, 0.3) is 0 Å². The summed E-state index contributed by atoms with van der Waals surface area (Å²) in [7, 11) is 2.08. The summed E-state index contributed by atoms with van der Waals surface area (Å²) in [5.41, 5.74) is 8.52. The van der Waals surface area contributed by atoms with Crippen LogP contribution in [-0.2, 0) is 0 Å². The standard InChI is InChI=1S/C25H17BCl4/c1-14-10-15(27)2-6-19(14)22-11-16(28)3-7-20(22)23-12-17(29)4-8-21(23)24-13-18(30)5-9-25(24)26/h2-13H,26H2,1H3. The van der Waals surface area contributed by atoms with Gasteiger partial charge in [0.05, 0.1) is 0 Å². The molecule has 5 heteroatoms. The van der Waals surface area contributed by atoms with Gasteiger partial charge >= 0.3 is 0 Å². The van der Waals surface area contributed by atoms with Gasteiger partial charge in [0.1, 0.15) is 7.85 Å². The monoisotopic (exact) mass is 468 g/mol. The molecule has 0 saturated heterocycles. The average Bonchev–Trinajstić information content (AvgIpc) is 2.70. The van der Waals surface area contributed by atoms with Crippen molar-refractivity contribution in [3.05, 3.63) is 98.5 Å². The summed E-state index contributed by atoms with van der Waals surface area (Å²) in [5, 5.41) is 2.74. The molecule has 0 aliphatic carbocycles. The van der Waals surface area contributed by atoms with Crippen LogP contribution < -0.4 is 5.46 Å². The third kappa shape index (κ3) is 4.27. The van der Waals surface area contributed by atoms with Crippen LogP contribution in [-0.4, -0.2) is 7.85 Å². The van der Waals surface area contributed by atoms with E-state index in [9.17, 15) is 0 Å². The minimum Gasteiger partial charge on any atom is -0.0843 e. The summed E-state index contributed by atoms with van der Waals surface area (Å²) in [5.74, 6) is 0. The van der Waals surface area contributed by atoms with E-state index in [1.807, 2.05) is 79.7 Å². The van der Waals surface area contributed by atoms with E-state index in [4.69, 9.17) is 46.4 Å². The van der Waals surface area contributed by atoms with Crippen molar-refractivity contribution in [2.24, 2.45) is 0 Å². The van der Waals surface area contributed by atoms with E-state index in [0.717, 1.165) is 44.4 Å². The number of aryl methyl sites for hydroxylation is 1. The second-order valence-corrected chi connectivity index (χ2v) is 9.04. The molecule has 4 aromatic rings. The number of benzene rings is 4. The lowest BCUT2D eigenvalue weighted by Crippen LogP contribution is -2.06. The fraction of sp³-hybridized carbons (Fsp3) is 0.0400. The van der Waals surface area contributed by atoms with Crippen LogP contribution in [0.1, 0.15) is 5.56 Å². The highest BCUT2D eigenvalue weighted by molar-refractivity contribution is 6.38. The maximum Gasteiger partial charge on any atom is 0.140 e. The van der Waals surface area contributed by atoms with Gasteiger partial charge in [0, 0.05) is 20.1 Å². The molecule has 0 atom stereocenters. The van der Waals surface area contributed by atoms with E-state index < -0.39 is 0 Å². The fourth-order valence-electron chi connectivity index (χ4n) is 3.76. The molecule has 0 heterocycles. The Bertz CT molecular complexity index is 1260. The molecule has 0 bridgehead atoms. The van der Waals surface area contributed by atoms with Crippen LogP contribution in [0.2, 0.25) is 20.1 Å². The second kappa shape index (κ2) is 8.69. The second-order valence-electron chi connectivity index (χ2n) is 7.30. The molecule has 0 nitrogen and oxygen atoms in total. The fourth-order valence-corrected chi connectivity index (χ4v) is 4.50. The zero-order valence-electron chi connectivity index (χ0n) is 16.4. The topological polar surface area (TPSA) is 0 Å². The summed E-state index contributed by atoms with van der Waals surface area (Å²) in [6.45, 7) is 2.05. The van der Waals surface area contributed by atoms with E-state index in [2.05, 4.69) is 7.85 Å². The predicted octanol–water partition coefficient (Wildman–Crippen LogP) is 7.87. The van der Waals surface area contributed by atoms with Crippen molar-refractivity contribution < 1.29 is 0 Å². The zero-order valence-corrected chi connectivity index (χ0v) is 19.5. The maximum absolute atomic E-state index is 6.44. The maximum atomic E-state index is 6.44. The molecule has 148 valence electrons. The highest BCUT2D eigenvalue weighted by atomic mass is 35.5. The van der Waals surface area contributed by atoms with E-state index in [-0.39, 0.29) is 0 Å². The van der Waals surface area contributed by atoms with Crippen LogP contribution in [0.3, 0.4) is 0 Å². The summed E-state index contributed by atoms with van der Waals surface area (Å²) in [6, 6.07) is 23.7. The van der Waals surface area contributed by atoms with Crippen LogP contribution >= 0.6 is 46.4 Å². The molecule has 0 radical (unpaired) electrons. The van der Waals surface area contributed by atoms with E-state index in [0.29, 0.717) is 20.1 Å². The Kier molecular flexibility index (Phi) is 6.18. The molecule has 4 rings (SSSR count). The molecule has 30 heavy (non-hydrogen) atoms. The van der Waals surface area contributed by atoms with Gasteiger partial charge < -0.3 is 0 Å². The van der Waals surface area contributed by atoms with Gasteiger partial charge in [-0.2, -0.15) is 0 Å². The van der Waals surface area contributed by atoms with Crippen molar-refractivity contribution in [1.29, 1.82) is 0 Å². The molecule has 0 aliphatic rings. The Morgan fingerprint density at radius 3 is 1.43 bits per heavy atom. The Labute approximate surface area is 197 Å². The number of rotatable bonds is 3. The number of halogens is 4. The lowest BCUT2D eigenvalue weighted by Gasteiger charge is -2.18. The first kappa shape index (κ1) is 21.3. The molecule has 4 aromatic carbocycles. The van der Waals surface area contributed by atoms with Gasteiger partial charge in [-0.1, -0.05) is 76.1 Å². The van der Waals surface area contributed by atoms with E-state index in [1.165, 1.54) is 0 Å². The van der Waals surface area contributed by atoms with Crippen molar-refractivity contribution in [3.8, 4) is 33.4 Å². The quantitative estimate of drug-likeness (QED) is 0.268. The Balaban J connectivity index is 2.03. The molecular weight excluding hydrogens is 453 g/mol. The largest absolute Gasteiger partial charge is 0.140 e. The van der Waals surface area contributed by atoms with Crippen LogP contribution in [0, 0.1) is 6.92 Å². The van der Waals surface area contributed by atoms with E-state index >= 15 is 0 Å². The lowest BCUT2D eigenvalue weighted by molar-refractivity contribution is 1.45. The Hall–Kier alpha value is -1.90. The van der Waals surface area contributed by atoms with Crippen molar-refractivity contribution >= 4 is 59.7 Å². The first-order chi connectivity index (χ1) is 14.3. The normalized spacial score (nSPS) is 11.0. The molecule has 0 unspecified atom stereocenters. The van der Waals surface area contributed by atoms with Crippen LogP contribution in [0.5, 0.6) is 0 Å². The summed E-state index contributed by atoms with van der Waals surface area (Å²) in [6.07, 6.45) is 0. The first-order valence-electron chi connectivity index (χ1n) is 9.46. The summed E-state index contributed by atoms with van der Waals surface area (Å²) < 4.78 is 0. The zero-order chi connectivity index (χ0) is 21.4. The van der Waals surface area contributed by atoms with Gasteiger partial charge in [-0.05, 0) is 94.4 Å². The highest BCUT2D eigenvalue weighted by Gasteiger charge is 2.16. The van der Waals surface area contributed by atoms with Crippen molar-refractivity contribution in [2.45, 2.75) is 6.92 Å². The molecule has 0 aromatic heterocycles. The van der Waals surface area contributed by atoms with Crippen LogP contribution in [0.15, 0.2) is 72.8 Å². The predicted molar refractivity (Wildman–Crippen MR) is 136 cm³/mol. The first-order valence-corrected chi connectivity index (χ1v) is 11.0. The Morgan fingerprint density at radius 1 is 0.467 bits per heavy atom. The molecule has 0 fully saturated rings. The molecular formula is C25H17BCl4. The van der Waals surface area contributed by atoms with Crippen molar-refractivity contribution in [1.82, 2.24) is 0 Å². The van der Waals surface area contributed by atoms with E-state index in [1.54, 1.807) is 0 Å². The number of hydrogen-bond acceptors (Lipinski definition) is 0. The van der Waals surface area contributed by atoms with Crippen molar-refractivity contribution in [2.75, 3.05) is 0 Å². The minimum atomic E-state index is 0.669. The molecule has 0 aliphatic heterocycles. The molecule has 0 spiro atoms. The third-order valence-electron chi connectivity index (χ3n) is 5.22. The van der Waals surface area contributed by atoms with Gasteiger partial charge in [-0.15, -0.1) is 0 Å². The Morgan fingerprint density at radius 2 is 0.867 bits per heavy atom. The third-order valence-corrected chi connectivity index (χ3v) is 6.16. The summed E-state index contributed by atoms with van der Waals surface area (Å²) in [4.78, 5) is 0. The number of hydrogen-bond donors (Lipinski definition) is 0. The van der Waals surface area contributed by atoms with Crippen LogP contribution in [0.4, 0.5) is 0 Å². The summed E-state index contributed by atoms with van der Waals surface area (Å²) >= 11 is 25.4. The van der Waals surface area contributed by atoms with Gasteiger partial charge in [0.15, 0.2) is 0 Å². The van der Waals surface area contributed by atoms with Gasteiger partial charge in [0.2, 0.25) is 0 Å². The molecule has 0 saturated carbocycles. The SMILES string of the molecule is Bc1ccc(Cl)cc1-c1ccc(Cl)cc1-c1ccc(Cl)cc1-c1ccc(Cl)cc1C. The van der Waals surface area contributed by atoms with Crippen LogP contribution in [0.25, 0.3) is 33.4 Å². The van der Waals surface area contributed by atoms with Gasteiger partial charge in [-0.25, -0.2) is 0 Å². The smallest absolute Gasteiger partial charge is 0.0843 e. The highest BCUT2D eigenvalue weighted by Crippen LogP contribution is 2.41. The molecule has 0 N–H and O–H groups in total. The minimum absolute atomic E-state index is 0.669. The molecule has 0 amide bonds. The lowest BCUT2D eigenvalue weighted by atomic mass is 9.83.